The van der Waals surface area contributed by atoms with Crippen molar-refractivity contribution in [1.82, 2.24) is 15.6 Å². The molecule has 0 saturated heterocycles. The lowest BCUT2D eigenvalue weighted by Gasteiger charge is -2.27. The minimum Gasteiger partial charge on any atom is -0.494 e. The van der Waals surface area contributed by atoms with E-state index >= 15 is 0 Å². The molecule has 0 aliphatic heterocycles. The number of anilines is 2. The van der Waals surface area contributed by atoms with E-state index in [-0.39, 0.29) is 23.5 Å². The number of ether oxygens (including phenoxy) is 1. The topological polar surface area (TPSA) is 113 Å². The zero-order valence-electron chi connectivity index (χ0n) is 26.9. The molecule has 244 valence electrons. The Morgan fingerprint density at radius 1 is 0.864 bits per heavy atom. The van der Waals surface area contributed by atoms with Crippen molar-refractivity contribution >= 4 is 41.0 Å². The molecule has 3 amide bonds. The van der Waals surface area contributed by atoms with E-state index in [1.807, 2.05) is 19.2 Å². The van der Waals surface area contributed by atoms with Gasteiger partial charge in [0.1, 0.15) is 11.6 Å². The summed E-state index contributed by atoms with van der Waals surface area (Å²) in [4.78, 5) is 43.8. The molecule has 2 aromatic rings. The van der Waals surface area contributed by atoms with Gasteiger partial charge in [-0.25, -0.2) is 4.98 Å². The molecule has 2 rings (SSSR count). The molecule has 1 atom stereocenters. The summed E-state index contributed by atoms with van der Waals surface area (Å²) in [5, 5.41) is 8.95. The SMILES string of the molecule is CCCCCCCCCCCCNC(=O)CCCOc1ccc(NC(NC(=O)CSC)C(=O)N(CC)c2ccccn2)cc1. The van der Waals surface area contributed by atoms with Crippen LogP contribution in [-0.2, 0) is 14.4 Å². The zero-order valence-corrected chi connectivity index (χ0v) is 27.8. The molecule has 9 nitrogen and oxygen atoms in total. The number of hydrogen-bond acceptors (Lipinski definition) is 7. The molecule has 0 aliphatic carbocycles. The summed E-state index contributed by atoms with van der Waals surface area (Å²) < 4.78 is 5.82. The van der Waals surface area contributed by atoms with Crippen LogP contribution >= 0.6 is 11.8 Å². The smallest absolute Gasteiger partial charge is 0.271 e. The second-order valence-corrected chi connectivity index (χ2v) is 11.7. The van der Waals surface area contributed by atoms with Crippen LogP contribution in [0.4, 0.5) is 11.5 Å². The van der Waals surface area contributed by atoms with Gasteiger partial charge in [0.05, 0.1) is 12.4 Å². The third-order valence-electron chi connectivity index (χ3n) is 7.17. The van der Waals surface area contributed by atoms with E-state index in [2.05, 4.69) is 27.9 Å². The third-order valence-corrected chi connectivity index (χ3v) is 7.72. The minimum atomic E-state index is -0.970. The Balaban J connectivity index is 1.71. The molecule has 3 N–H and O–H groups in total. The predicted octanol–water partition coefficient (Wildman–Crippen LogP) is 6.55. The third kappa shape index (κ3) is 15.5. The van der Waals surface area contributed by atoms with Crippen LogP contribution in [0.1, 0.15) is 90.9 Å². The first kappa shape index (κ1) is 36.9. The van der Waals surface area contributed by atoms with Crippen molar-refractivity contribution in [2.75, 3.05) is 41.9 Å². The maximum Gasteiger partial charge on any atom is 0.271 e. The molecule has 1 unspecified atom stereocenters. The number of nitrogens with zero attached hydrogens (tertiary/aromatic N) is 2. The van der Waals surface area contributed by atoms with E-state index in [1.165, 1.54) is 74.4 Å². The van der Waals surface area contributed by atoms with Crippen molar-refractivity contribution in [1.29, 1.82) is 0 Å². The van der Waals surface area contributed by atoms with E-state index in [4.69, 9.17) is 4.74 Å². The first-order valence-corrected chi connectivity index (χ1v) is 17.6. The van der Waals surface area contributed by atoms with Crippen LogP contribution in [0.15, 0.2) is 48.7 Å². The maximum absolute atomic E-state index is 13.4. The molecule has 10 heteroatoms. The standard InChI is InChI=1S/C34H53N5O4S/c1-4-6-7-8-9-10-11-12-13-15-25-36-31(40)19-17-26-43-29-22-20-28(21-23-29)37-33(38-32(41)27-44-3)34(42)39(5-2)30-18-14-16-24-35-30/h14,16,18,20-24,33,37H,4-13,15,17,19,25-27H2,1-3H3,(H,36,40)(H,38,41). The first-order valence-electron chi connectivity index (χ1n) is 16.2. The number of nitrogens with one attached hydrogen (secondary N) is 3. The summed E-state index contributed by atoms with van der Waals surface area (Å²) in [6.45, 7) is 5.68. The Bertz CT molecular complexity index is 1070. The number of carbonyl (C=O) groups is 3. The zero-order chi connectivity index (χ0) is 31.8. The van der Waals surface area contributed by atoms with Gasteiger partial charge < -0.3 is 20.7 Å². The molecule has 0 bridgehead atoms. The fourth-order valence-electron chi connectivity index (χ4n) is 4.76. The van der Waals surface area contributed by atoms with Gasteiger partial charge in [-0.3, -0.25) is 19.3 Å². The Morgan fingerprint density at radius 3 is 2.16 bits per heavy atom. The summed E-state index contributed by atoms with van der Waals surface area (Å²) >= 11 is 1.38. The van der Waals surface area contributed by atoms with E-state index in [0.717, 1.165) is 13.0 Å². The van der Waals surface area contributed by atoms with Crippen LogP contribution in [0.2, 0.25) is 0 Å². The lowest BCUT2D eigenvalue weighted by Crippen LogP contribution is -2.53. The van der Waals surface area contributed by atoms with E-state index in [1.54, 1.807) is 42.6 Å². The van der Waals surface area contributed by atoms with Crippen molar-refractivity contribution in [2.24, 2.45) is 0 Å². The highest BCUT2D eigenvalue weighted by Crippen LogP contribution is 2.18. The van der Waals surface area contributed by atoms with Gasteiger partial charge in [0.25, 0.3) is 5.91 Å². The van der Waals surface area contributed by atoms with Crippen LogP contribution in [-0.4, -0.2) is 60.6 Å². The predicted molar refractivity (Wildman–Crippen MR) is 182 cm³/mol. The van der Waals surface area contributed by atoms with Crippen LogP contribution in [0.5, 0.6) is 5.75 Å². The van der Waals surface area contributed by atoms with Gasteiger partial charge >= 0.3 is 0 Å². The van der Waals surface area contributed by atoms with Crippen molar-refractivity contribution in [2.45, 2.75) is 97.1 Å². The number of rotatable bonds is 24. The highest BCUT2D eigenvalue weighted by molar-refractivity contribution is 7.99. The van der Waals surface area contributed by atoms with Crippen LogP contribution < -0.4 is 25.6 Å². The van der Waals surface area contributed by atoms with Gasteiger partial charge in [-0.15, -0.1) is 0 Å². The van der Waals surface area contributed by atoms with Crippen molar-refractivity contribution in [3.8, 4) is 5.75 Å². The van der Waals surface area contributed by atoms with Crippen molar-refractivity contribution in [3.05, 3.63) is 48.7 Å². The average molecular weight is 628 g/mol. The summed E-state index contributed by atoms with van der Waals surface area (Å²) in [6.07, 6.45) is 16.4. The average Bonchev–Trinajstić information content (AvgIpc) is 3.03. The summed E-state index contributed by atoms with van der Waals surface area (Å²) in [5.74, 6) is 0.933. The number of unbranched alkanes of at least 4 members (excludes halogenated alkanes) is 9. The second-order valence-electron chi connectivity index (χ2n) is 10.9. The van der Waals surface area contributed by atoms with Gasteiger partial charge in [-0.2, -0.15) is 11.8 Å². The summed E-state index contributed by atoms with van der Waals surface area (Å²) in [5.41, 5.74) is 0.656. The first-order chi connectivity index (χ1) is 21.5. The Hall–Kier alpha value is -3.27. The van der Waals surface area contributed by atoms with Gasteiger partial charge in [0.15, 0.2) is 6.17 Å². The molecule has 1 heterocycles. The molecular formula is C34H53N5O4S. The molecule has 44 heavy (non-hydrogen) atoms. The van der Waals surface area contributed by atoms with Crippen LogP contribution in [0, 0.1) is 0 Å². The quantitative estimate of drug-likeness (QED) is 0.0894. The van der Waals surface area contributed by atoms with E-state index in [9.17, 15) is 14.4 Å². The molecule has 0 aliphatic rings. The molecule has 1 aromatic heterocycles. The minimum absolute atomic E-state index is 0.0649. The number of thioether (sulfide) groups is 1. The fraction of sp³-hybridized carbons (Fsp3) is 0.588. The van der Waals surface area contributed by atoms with Gasteiger partial charge in [0, 0.05) is 31.4 Å². The normalized spacial score (nSPS) is 11.4. The molecule has 0 spiro atoms. The van der Waals surface area contributed by atoms with Crippen molar-refractivity contribution in [3.63, 3.8) is 0 Å². The highest BCUT2D eigenvalue weighted by Gasteiger charge is 2.27. The Morgan fingerprint density at radius 2 is 1.55 bits per heavy atom. The van der Waals surface area contributed by atoms with E-state index < -0.39 is 6.17 Å². The molecule has 0 radical (unpaired) electrons. The van der Waals surface area contributed by atoms with Gasteiger partial charge in [0.2, 0.25) is 11.8 Å². The number of amides is 3. The summed E-state index contributed by atoms with van der Waals surface area (Å²) in [7, 11) is 0. The number of likely N-dealkylation sites (N-methyl/N-ethyl adjacent to an activating group) is 1. The van der Waals surface area contributed by atoms with Crippen LogP contribution in [0.3, 0.4) is 0 Å². The second kappa shape index (κ2) is 23.2. The molecular weight excluding hydrogens is 574 g/mol. The molecule has 1 aromatic carbocycles. The number of aromatic nitrogens is 1. The summed E-state index contributed by atoms with van der Waals surface area (Å²) in [6, 6.07) is 12.6. The van der Waals surface area contributed by atoms with Crippen LogP contribution in [0.25, 0.3) is 0 Å². The lowest BCUT2D eigenvalue weighted by molar-refractivity contribution is -0.125. The maximum atomic E-state index is 13.4. The molecule has 0 saturated carbocycles. The Labute approximate surface area is 268 Å². The molecule has 0 fully saturated rings. The fourth-order valence-corrected chi connectivity index (χ4v) is 5.10. The number of hydrogen-bond donors (Lipinski definition) is 3. The monoisotopic (exact) mass is 627 g/mol. The Kier molecular flexibility index (Phi) is 19.4. The number of pyridine rings is 1. The van der Waals surface area contributed by atoms with E-state index in [0.29, 0.717) is 43.2 Å². The van der Waals surface area contributed by atoms with Crippen molar-refractivity contribution < 1.29 is 19.1 Å². The number of carbonyl (C=O) groups excluding carboxylic acids is 3. The number of benzene rings is 1. The highest BCUT2D eigenvalue weighted by atomic mass is 32.2. The van der Waals surface area contributed by atoms with Gasteiger partial charge in [-0.1, -0.05) is 70.8 Å². The van der Waals surface area contributed by atoms with Gasteiger partial charge in [-0.05, 0) is 62.4 Å². The largest absolute Gasteiger partial charge is 0.494 e. The lowest BCUT2D eigenvalue weighted by atomic mass is 10.1.